The zero-order valence-corrected chi connectivity index (χ0v) is 23.3. The number of carboxylic acids is 2. The van der Waals surface area contributed by atoms with E-state index in [4.69, 9.17) is 40.5 Å². The topological polar surface area (TPSA) is 141 Å². The van der Waals surface area contributed by atoms with Crippen LogP contribution in [0.4, 0.5) is 0 Å². The van der Waals surface area contributed by atoms with Gasteiger partial charge in [-0.25, -0.2) is 14.6 Å². The summed E-state index contributed by atoms with van der Waals surface area (Å²) in [5.41, 5.74) is 1.23. The second-order valence-electron chi connectivity index (χ2n) is 8.20. The Hall–Kier alpha value is -2.71. The standard InChI is InChI=1S/C23H18Cl2N4O6S3/c24-15-2-1-11(19(25)26-15)7-16(36)27-17-20(31)29-18(23(34)35)12(10-38-21(17)29)9-37-13-3-5-28(6-4-13)8-14(30)22(32)33/h1-6,17,21H,7-10H2,(H2-,27,32,33,34,35,36)/p+1/t17-,21+/m0/s1. The van der Waals surface area contributed by atoms with Gasteiger partial charge in [-0.05, 0) is 17.2 Å². The van der Waals surface area contributed by atoms with Gasteiger partial charge in [-0.3, -0.25) is 14.5 Å². The SMILES string of the molecule is O=C(O)C(=O)C[n+]1ccc(SCC2=C(C(=O)O)N3C(=O)[C@H](NC(=S)Cc4ccc(Cl)nc4Cl)[C@H]3SC2)cc1. The molecule has 0 spiro atoms. The number of β-lactam (4-membered cyclic amide) rings is 1. The molecule has 1 saturated heterocycles. The summed E-state index contributed by atoms with van der Waals surface area (Å²) >= 11 is 20.2. The van der Waals surface area contributed by atoms with E-state index in [1.807, 2.05) is 0 Å². The van der Waals surface area contributed by atoms with Gasteiger partial charge in [0.2, 0.25) is 6.54 Å². The molecule has 198 valence electrons. The first kappa shape index (κ1) is 28.3. The highest BCUT2D eigenvalue weighted by Gasteiger charge is 2.53. The summed E-state index contributed by atoms with van der Waals surface area (Å²) in [4.78, 5) is 53.6. The van der Waals surface area contributed by atoms with Crippen LogP contribution in [0.15, 0.2) is 52.8 Å². The van der Waals surface area contributed by atoms with Crippen LogP contribution in [0.2, 0.25) is 10.3 Å². The maximum Gasteiger partial charge on any atom is 0.379 e. The summed E-state index contributed by atoms with van der Waals surface area (Å²) in [7, 11) is 0. The number of carboxylic acid groups (broad SMARTS) is 2. The molecule has 2 aromatic heterocycles. The van der Waals surface area contributed by atoms with Crippen molar-refractivity contribution in [2.24, 2.45) is 0 Å². The van der Waals surface area contributed by atoms with Crippen LogP contribution >= 0.6 is 58.9 Å². The van der Waals surface area contributed by atoms with Crippen molar-refractivity contribution in [2.75, 3.05) is 11.5 Å². The average molecular weight is 615 g/mol. The van der Waals surface area contributed by atoms with E-state index in [1.165, 1.54) is 33.0 Å². The molecule has 2 aliphatic rings. The number of thiocarbonyl (C=S) groups is 1. The van der Waals surface area contributed by atoms with Gasteiger partial charge >= 0.3 is 17.7 Å². The van der Waals surface area contributed by atoms with E-state index in [0.717, 1.165) is 4.90 Å². The Morgan fingerprint density at radius 3 is 2.55 bits per heavy atom. The van der Waals surface area contributed by atoms with Crippen molar-refractivity contribution in [1.82, 2.24) is 15.2 Å². The Bertz CT molecular complexity index is 1370. The average Bonchev–Trinajstić information content (AvgIpc) is 2.87. The highest BCUT2D eigenvalue weighted by atomic mass is 35.5. The summed E-state index contributed by atoms with van der Waals surface area (Å²) in [6.07, 6.45) is 3.41. The number of aromatic nitrogens is 2. The van der Waals surface area contributed by atoms with Gasteiger partial charge in [-0.15, -0.1) is 23.5 Å². The normalized spacial score (nSPS) is 18.5. The van der Waals surface area contributed by atoms with Crippen LogP contribution < -0.4 is 9.88 Å². The first-order valence-electron chi connectivity index (χ1n) is 10.9. The van der Waals surface area contributed by atoms with E-state index in [2.05, 4.69) is 10.3 Å². The fraction of sp³-hybridized carbons (Fsp3) is 0.261. The first-order chi connectivity index (χ1) is 18.0. The third kappa shape index (κ3) is 6.29. The van der Waals surface area contributed by atoms with E-state index in [0.29, 0.717) is 27.6 Å². The molecule has 0 bridgehead atoms. The van der Waals surface area contributed by atoms with Crippen molar-refractivity contribution in [3.8, 4) is 0 Å². The minimum Gasteiger partial charge on any atom is -0.477 e. The third-order valence-electron chi connectivity index (χ3n) is 5.65. The Balaban J connectivity index is 1.39. The molecule has 0 aliphatic carbocycles. The minimum atomic E-state index is -1.50. The molecule has 10 nitrogen and oxygen atoms in total. The third-order valence-corrected chi connectivity index (χ3v) is 8.89. The lowest BCUT2D eigenvalue weighted by molar-refractivity contribution is -0.684. The zero-order valence-electron chi connectivity index (χ0n) is 19.3. The maximum atomic E-state index is 13.0. The number of halogens is 2. The lowest BCUT2D eigenvalue weighted by Crippen LogP contribution is -2.70. The number of carbonyl (C=O) groups is 4. The van der Waals surface area contributed by atoms with Crippen molar-refractivity contribution < 1.29 is 34.0 Å². The Morgan fingerprint density at radius 1 is 1.21 bits per heavy atom. The number of Topliss-reactive ketones (excluding diaryl/α,β-unsaturated/α-hetero) is 1. The Labute approximate surface area is 240 Å². The molecule has 38 heavy (non-hydrogen) atoms. The number of pyridine rings is 2. The molecule has 2 aromatic rings. The zero-order chi connectivity index (χ0) is 27.6. The monoisotopic (exact) mass is 613 g/mol. The maximum absolute atomic E-state index is 13.0. The summed E-state index contributed by atoms with van der Waals surface area (Å²) in [6.45, 7) is -0.286. The van der Waals surface area contributed by atoms with E-state index in [1.54, 1.807) is 36.7 Å². The van der Waals surface area contributed by atoms with E-state index >= 15 is 0 Å². The highest BCUT2D eigenvalue weighted by Crippen LogP contribution is 2.41. The predicted octanol–water partition coefficient (Wildman–Crippen LogP) is 2.20. The van der Waals surface area contributed by atoms with Gasteiger partial charge in [0.05, 0.1) is 4.99 Å². The fourth-order valence-electron chi connectivity index (χ4n) is 3.81. The van der Waals surface area contributed by atoms with Crippen LogP contribution in [0.1, 0.15) is 5.56 Å². The number of nitrogens with one attached hydrogen (secondary N) is 1. The lowest BCUT2D eigenvalue weighted by atomic mass is 10.0. The number of rotatable bonds is 10. The van der Waals surface area contributed by atoms with Crippen LogP contribution in [0.3, 0.4) is 0 Å². The predicted molar refractivity (Wildman–Crippen MR) is 145 cm³/mol. The van der Waals surface area contributed by atoms with Gasteiger partial charge in [0.15, 0.2) is 12.4 Å². The van der Waals surface area contributed by atoms with Crippen molar-refractivity contribution in [2.45, 2.75) is 29.3 Å². The van der Waals surface area contributed by atoms with Crippen molar-refractivity contribution in [3.05, 3.63) is 63.8 Å². The lowest BCUT2D eigenvalue weighted by Gasteiger charge is -2.49. The number of hydrogen-bond donors (Lipinski definition) is 3. The second kappa shape index (κ2) is 12.0. The minimum absolute atomic E-state index is 0.0294. The van der Waals surface area contributed by atoms with Crippen LogP contribution in [-0.2, 0) is 32.1 Å². The Morgan fingerprint density at radius 2 is 1.92 bits per heavy atom. The van der Waals surface area contributed by atoms with Crippen molar-refractivity contribution in [1.29, 1.82) is 0 Å². The number of fused-ring (bicyclic) bond motifs is 1. The summed E-state index contributed by atoms with van der Waals surface area (Å²) in [5.74, 6) is -3.24. The molecule has 1 fully saturated rings. The molecular weight excluding hydrogens is 595 g/mol. The smallest absolute Gasteiger partial charge is 0.379 e. The fourth-order valence-corrected chi connectivity index (χ4v) is 6.88. The van der Waals surface area contributed by atoms with E-state index in [-0.39, 0.29) is 34.9 Å². The molecule has 0 radical (unpaired) electrons. The number of thioether (sulfide) groups is 2. The van der Waals surface area contributed by atoms with Crippen LogP contribution in [0, 0.1) is 0 Å². The summed E-state index contributed by atoms with van der Waals surface area (Å²) in [6, 6.07) is 6.05. The Kier molecular flexibility index (Phi) is 8.93. The van der Waals surface area contributed by atoms with Gasteiger partial charge in [0.25, 0.3) is 5.91 Å². The number of aliphatic carboxylic acids is 2. The summed E-state index contributed by atoms with van der Waals surface area (Å²) in [5, 5.41) is 21.7. The quantitative estimate of drug-likeness (QED) is 0.0906. The van der Waals surface area contributed by atoms with Gasteiger partial charge in [0, 0.05) is 35.0 Å². The molecule has 1 amide bonds. The molecule has 2 atom stereocenters. The van der Waals surface area contributed by atoms with E-state index in [9.17, 15) is 24.3 Å². The number of ketones is 1. The van der Waals surface area contributed by atoms with Gasteiger partial charge in [0.1, 0.15) is 27.4 Å². The molecule has 2 aliphatic heterocycles. The van der Waals surface area contributed by atoms with Gasteiger partial charge < -0.3 is 15.5 Å². The molecule has 4 heterocycles. The largest absolute Gasteiger partial charge is 0.477 e. The molecule has 0 saturated carbocycles. The van der Waals surface area contributed by atoms with Crippen molar-refractivity contribution >= 4 is 87.6 Å². The molecule has 0 aromatic carbocycles. The highest BCUT2D eigenvalue weighted by molar-refractivity contribution is 8.01. The summed E-state index contributed by atoms with van der Waals surface area (Å²) < 4.78 is 1.44. The number of amides is 1. The molecular formula is C23H19Cl2N4O6S3+. The molecule has 3 N–H and O–H groups in total. The molecule has 0 unspecified atom stereocenters. The van der Waals surface area contributed by atoms with Crippen LogP contribution in [0.5, 0.6) is 0 Å². The molecule has 4 rings (SSSR count). The van der Waals surface area contributed by atoms with Gasteiger partial charge in [-0.1, -0.05) is 41.5 Å². The number of hydrogen-bond acceptors (Lipinski definition) is 8. The van der Waals surface area contributed by atoms with Crippen molar-refractivity contribution in [3.63, 3.8) is 0 Å². The molecule has 15 heteroatoms. The van der Waals surface area contributed by atoms with Crippen LogP contribution in [-0.4, -0.2) is 71.6 Å². The van der Waals surface area contributed by atoms with E-state index < -0.39 is 29.1 Å². The number of carbonyl (C=O) groups excluding carboxylic acids is 2. The van der Waals surface area contributed by atoms with Gasteiger partial charge in [-0.2, -0.15) is 4.57 Å². The van der Waals surface area contributed by atoms with Crippen LogP contribution in [0.25, 0.3) is 0 Å². The number of nitrogens with zero attached hydrogens (tertiary/aromatic N) is 3. The second-order valence-corrected chi connectivity index (χ2v) is 11.6. The first-order valence-corrected chi connectivity index (χ1v) is 14.1.